The normalized spacial score (nSPS) is 8.16. The van der Waals surface area contributed by atoms with E-state index in [-0.39, 0.29) is 0 Å². The predicted molar refractivity (Wildman–Crippen MR) is 77.8 cm³/mol. The minimum atomic E-state index is 0.500. The van der Waals surface area contributed by atoms with E-state index in [0.717, 1.165) is 6.42 Å². The summed E-state index contributed by atoms with van der Waals surface area (Å²) < 4.78 is 9.50. The molecule has 1 heterocycles. The number of benzene rings is 1. The molecule has 1 aromatic carbocycles. The number of hydrogen-bond acceptors (Lipinski definition) is 1. The zero-order valence-corrected chi connectivity index (χ0v) is 11.6. The second-order valence-corrected chi connectivity index (χ2v) is 3.69. The second kappa shape index (κ2) is 10.9. The van der Waals surface area contributed by atoms with Crippen molar-refractivity contribution in [2.24, 2.45) is 0 Å². The first kappa shape index (κ1) is 16.8. The monoisotopic (exact) mass is 258 g/mol. The van der Waals surface area contributed by atoms with Crippen LogP contribution >= 0.6 is 0 Å². The van der Waals surface area contributed by atoms with Crippen LogP contribution in [0, 0.1) is 13.5 Å². The van der Waals surface area contributed by atoms with Crippen molar-refractivity contribution in [2.75, 3.05) is 14.2 Å². The van der Waals surface area contributed by atoms with E-state index in [0.29, 0.717) is 7.18 Å². The number of aryl methyl sites for hydroxylation is 1. The lowest BCUT2D eigenvalue weighted by Gasteiger charge is -2.04. The van der Waals surface area contributed by atoms with Gasteiger partial charge < -0.3 is 4.85 Å². The SMILES string of the molecule is CF.Cc1ccncc1Cc1ccccc1.[C-]#[N+]C. The number of aromatic nitrogens is 1. The molecule has 0 spiro atoms. The number of hydrogen-bond donors (Lipinski definition) is 0. The van der Waals surface area contributed by atoms with Crippen LogP contribution in [0.25, 0.3) is 4.85 Å². The van der Waals surface area contributed by atoms with Crippen molar-refractivity contribution in [1.82, 2.24) is 4.98 Å². The van der Waals surface area contributed by atoms with Gasteiger partial charge in [0, 0.05) is 12.4 Å². The van der Waals surface area contributed by atoms with Gasteiger partial charge in [0.2, 0.25) is 7.05 Å². The summed E-state index contributed by atoms with van der Waals surface area (Å²) in [5, 5.41) is 0. The Kier molecular flexibility index (Phi) is 9.64. The van der Waals surface area contributed by atoms with Gasteiger partial charge in [-0.2, -0.15) is 0 Å². The maximum absolute atomic E-state index is 9.50. The van der Waals surface area contributed by atoms with Crippen LogP contribution in [0.2, 0.25) is 0 Å². The molecular weight excluding hydrogens is 239 g/mol. The molecule has 0 aliphatic rings. The minimum Gasteiger partial charge on any atom is -0.320 e. The molecule has 0 atom stereocenters. The highest BCUT2D eigenvalue weighted by atomic mass is 19.1. The fourth-order valence-corrected chi connectivity index (χ4v) is 1.50. The molecule has 2 nitrogen and oxygen atoms in total. The van der Waals surface area contributed by atoms with E-state index in [1.165, 1.54) is 23.7 Å². The van der Waals surface area contributed by atoms with E-state index in [1.807, 2.05) is 18.5 Å². The highest BCUT2D eigenvalue weighted by molar-refractivity contribution is 5.29. The van der Waals surface area contributed by atoms with Gasteiger partial charge in [0.1, 0.15) is 0 Å². The summed E-state index contributed by atoms with van der Waals surface area (Å²) in [5.74, 6) is 0. The van der Waals surface area contributed by atoms with Crippen molar-refractivity contribution < 1.29 is 4.39 Å². The summed E-state index contributed by atoms with van der Waals surface area (Å²) in [7, 11) is 1.92. The molecule has 19 heavy (non-hydrogen) atoms. The largest absolute Gasteiger partial charge is 0.320 e. The van der Waals surface area contributed by atoms with E-state index < -0.39 is 0 Å². The van der Waals surface area contributed by atoms with Gasteiger partial charge >= 0.3 is 0 Å². The minimum absolute atomic E-state index is 0.500. The van der Waals surface area contributed by atoms with Gasteiger partial charge in [0.15, 0.2) is 0 Å². The van der Waals surface area contributed by atoms with Crippen LogP contribution < -0.4 is 0 Å². The summed E-state index contributed by atoms with van der Waals surface area (Å²) >= 11 is 0. The lowest BCUT2D eigenvalue weighted by Crippen LogP contribution is -1.92. The fraction of sp³-hybridized carbons (Fsp3) is 0.250. The third-order valence-electron chi connectivity index (χ3n) is 2.38. The highest BCUT2D eigenvalue weighted by Gasteiger charge is 1.98. The van der Waals surface area contributed by atoms with Crippen LogP contribution in [0.4, 0.5) is 4.39 Å². The Morgan fingerprint density at radius 1 is 1.16 bits per heavy atom. The molecule has 0 unspecified atom stereocenters. The topological polar surface area (TPSA) is 17.2 Å². The van der Waals surface area contributed by atoms with Crippen molar-refractivity contribution in [3.05, 3.63) is 76.9 Å². The van der Waals surface area contributed by atoms with Crippen molar-refractivity contribution >= 4 is 0 Å². The number of nitrogens with zero attached hydrogens (tertiary/aromatic N) is 2. The van der Waals surface area contributed by atoms with Crippen LogP contribution in [-0.2, 0) is 6.42 Å². The van der Waals surface area contributed by atoms with Gasteiger partial charge in [0.05, 0.1) is 7.18 Å². The Balaban J connectivity index is 0.000000573. The van der Waals surface area contributed by atoms with Crippen molar-refractivity contribution in [1.29, 1.82) is 0 Å². The molecule has 0 bridgehead atoms. The zero-order valence-electron chi connectivity index (χ0n) is 11.6. The van der Waals surface area contributed by atoms with Gasteiger partial charge in [-0.05, 0) is 36.1 Å². The molecule has 0 fully saturated rings. The maximum atomic E-state index is 9.50. The van der Waals surface area contributed by atoms with Gasteiger partial charge in [-0.25, -0.2) is 6.57 Å². The van der Waals surface area contributed by atoms with Crippen LogP contribution in [0.5, 0.6) is 0 Å². The first-order valence-corrected chi connectivity index (χ1v) is 5.84. The van der Waals surface area contributed by atoms with Crippen LogP contribution in [-0.4, -0.2) is 19.2 Å². The molecule has 0 aliphatic heterocycles. The highest BCUT2D eigenvalue weighted by Crippen LogP contribution is 2.11. The Morgan fingerprint density at radius 3 is 2.26 bits per heavy atom. The predicted octanol–water partition coefficient (Wildman–Crippen LogP) is 4.10. The molecule has 0 N–H and O–H groups in total. The van der Waals surface area contributed by atoms with Gasteiger partial charge in [-0.1, -0.05) is 30.3 Å². The van der Waals surface area contributed by atoms with Crippen LogP contribution in [0.1, 0.15) is 16.7 Å². The lowest BCUT2D eigenvalue weighted by molar-refractivity contribution is 0.636. The third-order valence-corrected chi connectivity index (χ3v) is 2.38. The van der Waals surface area contributed by atoms with Crippen LogP contribution in [0.3, 0.4) is 0 Å². The fourth-order valence-electron chi connectivity index (χ4n) is 1.50. The second-order valence-electron chi connectivity index (χ2n) is 3.69. The van der Waals surface area contributed by atoms with Gasteiger partial charge in [0.25, 0.3) is 0 Å². The summed E-state index contributed by atoms with van der Waals surface area (Å²) in [6, 6.07) is 12.5. The van der Waals surface area contributed by atoms with E-state index >= 15 is 0 Å². The molecule has 0 amide bonds. The molecule has 100 valence electrons. The number of halogens is 1. The summed E-state index contributed by atoms with van der Waals surface area (Å²) in [4.78, 5) is 6.89. The Morgan fingerprint density at radius 2 is 1.74 bits per heavy atom. The van der Waals surface area contributed by atoms with E-state index in [9.17, 15) is 4.39 Å². The molecule has 0 saturated carbocycles. The molecule has 2 aromatic rings. The summed E-state index contributed by atoms with van der Waals surface area (Å²) in [6.07, 6.45) is 4.76. The first-order valence-electron chi connectivity index (χ1n) is 5.84. The third kappa shape index (κ3) is 6.95. The van der Waals surface area contributed by atoms with Gasteiger partial charge in [-0.15, -0.1) is 0 Å². The van der Waals surface area contributed by atoms with E-state index in [4.69, 9.17) is 6.57 Å². The van der Waals surface area contributed by atoms with Crippen LogP contribution in [0.15, 0.2) is 48.8 Å². The molecule has 0 radical (unpaired) electrons. The molecule has 3 heteroatoms. The maximum Gasteiger partial charge on any atom is 0.205 e. The average Bonchev–Trinajstić information content (AvgIpc) is 2.46. The van der Waals surface area contributed by atoms with Crippen molar-refractivity contribution in [3.63, 3.8) is 0 Å². The number of pyridine rings is 1. The molecule has 0 aliphatic carbocycles. The smallest absolute Gasteiger partial charge is 0.205 e. The Bertz CT molecular complexity index is 490. The standard InChI is InChI=1S/C13H13N.C2H3N.CH3F/c1-11-7-8-14-10-13(11)9-12-5-3-2-4-6-12;1-3-2;1-2/h2-8,10H,9H2,1H3;1H3;1H3. The molecule has 2 rings (SSSR count). The number of alkyl halides is 1. The zero-order chi connectivity index (χ0) is 14.5. The van der Waals surface area contributed by atoms with E-state index in [1.54, 1.807) is 0 Å². The molecule has 1 aromatic heterocycles. The van der Waals surface area contributed by atoms with E-state index in [2.05, 4.69) is 47.1 Å². The number of rotatable bonds is 2. The summed E-state index contributed by atoms with van der Waals surface area (Å²) in [5.41, 5.74) is 3.95. The van der Waals surface area contributed by atoms with Crippen molar-refractivity contribution in [3.8, 4) is 0 Å². The first-order chi connectivity index (χ1) is 9.27. The van der Waals surface area contributed by atoms with Gasteiger partial charge in [-0.3, -0.25) is 9.37 Å². The molecular formula is C16H19FN2. The van der Waals surface area contributed by atoms with Crippen molar-refractivity contribution in [2.45, 2.75) is 13.3 Å². The summed E-state index contributed by atoms with van der Waals surface area (Å²) in [6.45, 7) is 7.96. The quantitative estimate of drug-likeness (QED) is 0.741. The average molecular weight is 258 g/mol. The Labute approximate surface area is 114 Å². The molecule has 0 saturated heterocycles. The lowest BCUT2D eigenvalue weighted by atomic mass is 10.0. The Hall–Kier alpha value is -2.21.